The van der Waals surface area contributed by atoms with Gasteiger partial charge in [0.2, 0.25) is 5.41 Å². The van der Waals surface area contributed by atoms with Gasteiger partial charge in [0.25, 0.3) is 5.69 Å². The molecule has 1 aromatic rings. The molecule has 0 radical (unpaired) electrons. The van der Waals surface area contributed by atoms with Crippen LogP contribution in [0.5, 0.6) is 0 Å². The first kappa shape index (κ1) is 17.0. The van der Waals surface area contributed by atoms with Gasteiger partial charge in [-0.1, -0.05) is 0 Å². The summed E-state index contributed by atoms with van der Waals surface area (Å²) in [7, 11) is 1.92. The number of esters is 2. The van der Waals surface area contributed by atoms with Crippen molar-refractivity contribution in [3.8, 4) is 6.07 Å². The number of methoxy groups -OCH3 is 2. The predicted molar refractivity (Wildman–Crippen MR) is 69.0 cm³/mol. The molecule has 0 fully saturated rings. The van der Waals surface area contributed by atoms with Crippen LogP contribution in [0.15, 0.2) is 18.2 Å². The summed E-state index contributed by atoms with van der Waals surface area (Å²) < 4.78 is 23.2. The number of nitrogens with zero attached hydrogens (tertiary/aromatic N) is 2. The monoisotopic (exact) mass is 310 g/mol. The normalized spacial score (nSPS) is 10.5. The highest BCUT2D eigenvalue weighted by molar-refractivity contribution is 6.06. The van der Waals surface area contributed by atoms with Crippen LogP contribution < -0.4 is 0 Å². The number of hydrogen-bond acceptors (Lipinski definition) is 7. The molecule has 1 aromatic carbocycles. The Kier molecular flexibility index (Phi) is 5.13. The van der Waals surface area contributed by atoms with E-state index in [1.165, 1.54) is 0 Å². The zero-order valence-electron chi connectivity index (χ0n) is 11.7. The minimum absolute atomic E-state index is 0.529. The lowest BCUT2D eigenvalue weighted by molar-refractivity contribution is -0.385. The highest BCUT2D eigenvalue weighted by atomic mass is 19.1. The van der Waals surface area contributed by atoms with Crippen molar-refractivity contribution < 1.29 is 28.4 Å². The summed E-state index contributed by atoms with van der Waals surface area (Å²) in [6.45, 7) is 0. The quantitative estimate of drug-likeness (QED) is 0.347. The molecule has 0 aliphatic heterocycles. The first-order valence-corrected chi connectivity index (χ1v) is 5.83. The highest BCUT2D eigenvalue weighted by Crippen LogP contribution is 2.34. The second-order valence-corrected chi connectivity index (χ2v) is 4.14. The van der Waals surface area contributed by atoms with E-state index >= 15 is 0 Å². The van der Waals surface area contributed by atoms with Crippen molar-refractivity contribution >= 4 is 17.6 Å². The Hall–Kier alpha value is -3.02. The minimum atomic E-state index is -2.35. The fraction of sp³-hybridized carbons (Fsp3) is 0.308. The molecule has 0 bridgehead atoms. The Morgan fingerprint density at radius 2 is 1.91 bits per heavy atom. The van der Waals surface area contributed by atoms with Crippen molar-refractivity contribution in [3.05, 3.63) is 39.7 Å². The van der Waals surface area contributed by atoms with Gasteiger partial charge < -0.3 is 9.47 Å². The van der Waals surface area contributed by atoms with Crippen LogP contribution in [0.2, 0.25) is 0 Å². The molecule has 0 N–H and O–H groups in total. The zero-order valence-corrected chi connectivity index (χ0v) is 11.7. The van der Waals surface area contributed by atoms with E-state index in [-0.39, 0.29) is 0 Å². The van der Waals surface area contributed by atoms with Crippen LogP contribution in [0.3, 0.4) is 0 Å². The van der Waals surface area contributed by atoms with Gasteiger partial charge in [0, 0.05) is 11.6 Å². The van der Waals surface area contributed by atoms with E-state index in [0.717, 1.165) is 26.4 Å². The molecule has 1 rings (SSSR count). The summed E-state index contributed by atoms with van der Waals surface area (Å²) in [5, 5.41) is 19.5. The number of hydrogen-bond donors (Lipinski definition) is 0. The molecule has 0 amide bonds. The first-order chi connectivity index (χ1) is 10.3. The number of non-ortho nitro benzene ring substituents is 1. The Labute approximate surface area is 124 Å². The number of carbonyl (C=O) groups is 2. The van der Waals surface area contributed by atoms with Crippen LogP contribution in [0, 0.1) is 27.3 Å². The summed E-state index contributed by atoms with van der Waals surface area (Å²) in [6.07, 6.45) is -0.749. The summed E-state index contributed by atoms with van der Waals surface area (Å²) in [6, 6.07) is 3.95. The number of nitriles is 1. The maximum Gasteiger partial charge on any atom is 0.328 e. The topological polar surface area (TPSA) is 120 Å². The number of ether oxygens (including phenoxy) is 2. The molecular formula is C13H11FN2O6. The number of rotatable bonds is 5. The van der Waals surface area contributed by atoms with Crippen LogP contribution in [0.4, 0.5) is 10.1 Å². The molecule has 0 heterocycles. The fourth-order valence-electron chi connectivity index (χ4n) is 1.97. The van der Waals surface area contributed by atoms with Gasteiger partial charge in [-0.2, -0.15) is 5.26 Å². The van der Waals surface area contributed by atoms with E-state index in [2.05, 4.69) is 9.47 Å². The summed E-state index contributed by atoms with van der Waals surface area (Å²) >= 11 is 0. The standard InChI is InChI=1S/C13H11FN2O6/c1-21-11(17)13(5-6-15,12(18)22-2)9-4-3-8(16(19)20)7-10(9)14/h3-4,7H,5H2,1-2H3. The molecule has 0 saturated heterocycles. The van der Waals surface area contributed by atoms with Gasteiger partial charge in [-0.15, -0.1) is 0 Å². The lowest BCUT2D eigenvalue weighted by Crippen LogP contribution is -2.46. The fourth-order valence-corrected chi connectivity index (χ4v) is 1.97. The third kappa shape index (κ3) is 2.71. The Balaban J connectivity index is 3.64. The molecule has 8 nitrogen and oxygen atoms in total. The molecule has 9 heteroatoms. The van der Waals surface area contributed by atoms with E-state index in [9.17, 15) is 24.1 Å². The number of benzene rings is 1. The van der Waals surface area contributed by atoms with Gasteiger partial charge in [0.15, 0.2) is 0 Å². The number of nitro groups is 1. The average Bonchev–Trinajstić information content (AvgIpc) is 2.51. The van der Waals surface area contributed by atoms with Gasteiger partial charge >= 0.3 is 11.9 Å². The Morgan fingerprint density at radius 3 is 2.27 bits per heavy atom. The summed E-state index contributed by atoms with van der Waals surface area (Å²) in [5.41, 5.74) is -3.45. The van der Waals surface area contributed by atoms with Gasteiger partial charge in [0.1, 0.15) is 5.82 Å². The van der Waals surface area contributed by atoms with Gasteiger partial charge in [-0.3, -0.25) is 19.7 Å². The molecule has 0 saturated carbocycles. The summed E-state index contributed by atoms with van der Waals surface area (Å²) in [4.78, 5) is 33.8. The van der Waals surface area contributed by atoms with Crippen molar-refractivity contribution in [3.63, 3.8) is 0 Å². The molecule has 22 heavy (non-hydrogen) atoms. The number of nitro benzene ring substituents is 1. The third-order valence-electron chi connectivity index (χ3n) is 3.04. The zero-order chi connectivity index (χ0) is 16.9. The molecule has 0 aliphatic rings. The molecule has 0 atom stereocenters. The Morgan fingerprint density at radius 1 is 1.36 bits per heavy atom. The van der Waals surface area contributed by atoms with Crippen molar-refractivity contribution in [2.45, 2.75) is 11.8 Å². The largest absolute Gasteiger partial charge is 0.468 e. The smallest absolute Gasteiger partial charge is 0.328 e. The van der Waals surface area contributed by atoms with Crippen LogP contribution >= 0.6 is 0 Å². The van der Waals surface area contributed by atoms with Crippen molar-refractivity contribution in [2.75, 3.05) is 14.2 Å². The van der Waals surface area contributed by atoms with Crippen molar-refractivity contribution in [1.82, 2.24) is 0 Å². The lowest BCUT2D eigenvalue weighted by Gasteiger charge is -2.26. The van der Waals surface area contributed by atoms with Crippen LogP contribution in [-0.2, 0) is 24.5 Å². The number of carbonyl (C=O) groups excluding carboxylic acids is 2. The van der Waals surface area contributed by atoms with Gasteiger partial charge in [-0.25, -0.2) is 4.39 Å². The van der Waals surface area contributed by atoms with Crippen molar-refractivity contribution in [1.29, 1.82) is 5.26 Å². The SMILES string of the molecule is COC(=O)C(CC#N)(C(=O)OC)c1ccc([N+](=O)[O-])cc1F. The van der Waals surface area contributed by atoms with Crippen LogP contribution in [0.25, 0.3) is 0 Å². The van der Waals surface area contributed by atoms with Crippen LogP contribution in [-0.4, -0.2) is 31.1 Å². The van der Waals surface area contributed by atoms with Gasteiger partial charge in [0.05, 0.1) is 37.7 Å². The maximum atomic E-state index is 14.2. The Bertz CT molecular complexity index is 651. The van der Waals surface area contributed by atoms with Gasteiger partial charge in [-0.05, 0) is 6.07 Å². The van der Waals surface area contributed by atoms with E-state index in [0.29, 0.717) is 6.07 Å². The van der Waals surface area contributed by atoms with Crippen LogP contribution in [0.1, 0.15) is 12.0 Å². The highest BCUT2D eigenvalue weighted by Gasteiger charge is 2.52. The number of halogens is 1. The predicted octanol–water partition coefficient (Wildman–Crippen LogP) is 1.23. The molecule has 0 aliphatic carbocycles. The molecule has 0 unspecified atom stereocenters. The average molecular weight is 310 g/mol. The van der Waals surface area contributed by atoms with E-state index in [1.807, 2.05) is 0 Å². The molecular weight excluding hydrogens is 299 g/mol. The second kappa shape index (κ2) is 6.62. The molecule has 0 aromatic heterocycles. The lowest BCUT2D eigenvalue weighted by atomic mass is 9.77. The van der Waals surface area contributed by atoms with E-state index < -0.39 is 45.8 Å². The van der Waals surface area contributed by atoms with E-state index in [1.54, 1.807) is 6.07 Å². The maximum absolute atomic E-state index is 14.2. The third-order valence-corrected chi connectivity index (χ3v) is 3.04. The second-order valence-electron chi connectivity index (χ2n) is 4.14. The first-order valence-electron chi connectivity index (χ1n) is 5.83. The molecule has 0 spiro atoms. The van der Waals surface area contributed by atoms with E-state index in [4.69, 9.17) is 5.26 Å². The molecule has 116 valence electrons. The van der Waals surface area contributed by atoms with Crippen molar-refractivity contribution in [2.24, 2.45) is 0 Å². The summed E-state index contributed by atoms with van der Waals surface area (Å²) in [5.74, 6) is -3.59. The minimum Gasteiger partial charge on any atom is -0.468 e.